The Bertz CT molecular complexity index is 377. The van der Waals surface area contributed by atoms with Crippen LogP contribution < -0.4 is 10.6 Å². The Morgan fingerprint density at radius 2 is 2.17 bits per heavy atom. The predicted molar refractivity (Wildman–Crippen MR) is 75.4 cm³/mol. The maximum absolute atomic E-state index is 11.7. The number of unbranched alkanes of at least 4 members (excludes halogenated alkanes) is 1. The van der Waals surface area contributed by atoms with Crippen LogP contribution in [0.1, 0.15) is 37.8 Å². The van der Waals surface area contributed by atoms with Crippen LogP contribution in [0.3, 0.4) is 0 Å². The van der Waals surface area contributed by atoms with Gasteiger partial charge in [-0.2, -0.15) is 0 Å². The molecule has 2 N–H and O–H groups in total. The SMILES string of the molecule is CCCCNC(=O)C(C)NCc1cccc(C)c1. The fourth-order valence-corrected chi connectivity index (χ4v) is 1.73. The lowest BCUT2D eigenvalue weighted by molar-refractivity contribution is -0.122. The summed E-state index contributed by atoms with van der Waals surface area (Å²) in [6.07, 6.45) is 2.14. The maximum Gasteiger partial charge on any atom is 0.236 e. The lowest BCUT2D eigenvalue weighted by atomic mass is 10.1. The highest BCUT2D eigenvalue weighted by Crippen LogP contribution is 2.03. The number of carbonyl (C=O) groups excluding carboxylic acids is 1. The van der Waals surface area contributed by atoms with Gasteiger partial charge < -0.3 is 10.6 Å². The molecular formula is C15H24N2O. The van der Waals surface area contributed by atoms with Gasteiger partial charge in [0.25, 0.3) is 0 Å². The third-order valence-electron chi connectivity index (χ3n) is 2.92. The van der Waals surface area contributed by atoms with Crippen molar-refractivity contribution < 1.29 is 4.79 Å². The Labute approximate surface area is 110 Å². The van der Waals surface area contributed by atoms with Gasteiger partial charge in [-0.05, 0) is 25.8 Å². The van der Waals surface area contributed by atoms with Crippen molar-refractivity contribution in [2.75, 3.05) is 6.54 Å². The van der Waals surface area contributed by atoms with Crippen molar-refractivity contribution in [2.45, 2.75) is 46.2 Å². The molecule has 0 bridgehead atoms. The molecule has 0 radical (unpaired) electrons. The number of rotatable bonds is 7. The second kappa shape index (κ2) is 7.88. The van der Waals surface area contributed by atoms with E-state index in [1.165, 1.54) is 11.1 Å². The largest absolute Gasteiger partial charge is 0.355 e. The summed E-state index contributed by atoms with van der Waals surface area (Å²) < 4.78 is 0. The topological polar surface area (TPSA) is 41.1 Å². The molecule has 0 aliphatic carbocycles. The Kier molecular flexibility index (Phi) is 6.44. The zero-order chi connectivity index (χ0) is 13.4. The predicted octanol–water partition coefficient (Wildman–Crippen LogP) is 2.39. The highest BCUT2D eigenvalue weighted by molar-refractivity contribution is 5.81. The monoisotopic (exact) mass is 248 g/mol. The minimum atomic E-state index is -0.151. The molecular weight excluding hydrogens is 224 g/mol. The molecule has 1 aromatic rings. The van der Waals surface area contributed by atoms with E-state index in [1.807, 2.05) is 13.0 Å². The first-order valence-corrected chi connectivity index (χ1v) is 6.70. The van der Waals surface area contributed by atoms with Crippen LogP contribution in [0.15, 0.2) is 24.3 Å². The minimum absolute atomic E-state index is 0.0797. The first-order chi connectivity index (χ1) is 8.63. The molecule has 0 spiro atoms. The molecule has 0 saturated heterocycles. The zero-order valence-electron chi connectivity index (χ0n) is 11.6. The number of benzene rings is 1. The molecule has 0 aliphatic heterocycles. The Balaban J connectivity index is 2.32. The van der Waals surface area contributed by atoms with Gasteiger partial charge in [0.1, 0.15) is 0 Å². The fraction of sp³-hybridized carbons (Fsp3) is 0.533. The molecule has 1 amide bonds. The molecule has 18 heavy (non-hydrogen) atoms. The Morgan fingerprint density at radius 3 is 2.83 bits per heavy atom. The summed E-state index contributed by atoms with van der Waals surface area (Å²) in [6, 6.07) is 8.17. The van der Waals surface area contributed by atoms with E-state index in [0.29, 0.717) is 0 Å². The van der Waals surface area contributed by atoms with Gasteiger partial charge >= 0.3 is 0 Å². The van der Waals surface area contributed by atoms with Gasteiger partial charge in [0, 0.05) is 13.1 Å². The smallest absolute Gasteiger partial charge is 0.236 e. The van der Waals surface area contributed by atoms with Crippen LogP contribution in [0.5, 0.6) is 0 Å². The third-order valence-corrected chi connectivity index (χ3v) is 2.92. The molecule has 0 aromatic heterocycles. The summed E-state index contributed by atoms with van der Waals surface area (Å²) in [5.74, 6) is 0.0797. The zero-order valence-corrected chi connectivity index (χ0v) is 11.6. The van der Waals surface area contributed by atoms with E-state index in [1.54, 1.807) is 0 Å². The van der Waals surface area contributed by atoms with E-state index in [2.05, 4.69) is 42.7 Å². The van der Waals surface area contributed by atoms with Crippen molar-refractivity contribution in [3.8, 4) is 0 Å². The van der Waals surface area contributed by atoms with Gasteiger partial charge in [0.2, 0.25) is 5.91 Å². The van der Waals surface area contributed by atoms with Crippen molar-refractivity contribution in [3.05, 3.63) is 35.4 Å². The second-order valence-electron chi connectivity index (χ2n) is 4.74. The standard InChI is InChI=1S/C15H24N2O/c1-4-5-9-16-15(18)13(3)17-11-14-8-6-7-12(2)10-14/h6-8,10,13,17H,4-5,9,11H2,1-3H3,(H,16,18). The molecule has 1 unspecified atom stereocenters. The lowest BCUT2D eigenvalue weighted by Crippen LogP contribution is -2.42. The molecule has 100 valence electrons. The van der Waals surface area contributed by atoms with E-state index in [0.717, 1.165) is 25.9 Å². The number of amides is 1. The van der Waals surface area contributed by atoms with Gasteiger partial charge in [0.05, 0.1) is 6.04 Å². The summed E-state index contributed by atoms with van der Waals surface area (Å²) in [5, 5.41) is 6.17. The van der Waals surface area contributed by atoms with Crippen molar-refractivity contribution in [1.29, 1.82) is 0 Å². The van der Waals surface area contributed by atoms with Crippen LogP contribution in [0.4, 0.5) is 0 Å². The fourth-order valence-electron chi connectivity index (χ4n) is 1.73. The minimum Gasteiger partial charge on any atom is -0.355 e. The summed E-state index contributed by atoms with van der Waals surface area (Å²) in [7, 11) is 0. The third kappa shape index (κ3) is 5.32. The van der Waals surface area contributed by atoms with Crippen molar-refractivity contribution in [3.63, 3.8) is 0 Å². The highest BCUT2D eigenvalue weighted by atomic mass is 16.2. The molecule has 0 saturated carbocycles. The number of nitrogens with one attached hydrogen (secondary N) is 2. The summed E-state index contributed by atoms with van der Waals surface area (Å²) in [4.78, 5) is 11.7. The maximum atomic E-state index is 11.7. The van der Waals surface area contributed by atoms with Gasteiger partial charge in [-0.25, -0.2) is 0 Å². The number of aryl methyl sites for hydroxylation is 1. The molecule has 1 rings (SSSR count). The number of hydrogen-bond acceptors (Lipinski definition) is 2. The van der Waals surface area contributed by atoms with Gasteiger partial charge in [-0.3, -0.25) is 4.79 Å². The second-order valence-corrected chi connectivity index (χ2v) is 4.74. The van der Waals surface area contributed by atoms with Gasteiger partial charge in [-0.1, -0.05) is 43.2 Å². The van der Waals surface area contributed by atoms with E-state index >= 15 is 0 Å². The van der Waals surface area contributed by atoms with E-state index in [4.69, 9.17) is 0 Å². The molecule has 1 aromatic carbocycles. The summed E-state index contributed by atoms with van der Waals surface area (Å²) in [5.41, 5.74) is 2.46. The molecule has 3 nitrogen and oxygen atoms in total. The normalized spacial score (nSPS) is 12.2. The van der Waals surface area contributed by atoms with Crippen molar-refractivity contribution in [1.82, 2.24) is 10.6 Å². The van der Waals surface area contributed by atoms with Crippen LogP contribution in [-0.2, 0) is 11.3 Å². The van der Waals surface area contributed by atoms with Crippen LogP contribution >= 0.6 is 0 Å². The number of carbonyl (C=O) groups is 1. The van der Waals surface area contributed by atoms with Crippen molar-refractivity contribution >= 4 is 5.91 Å². The van der Waals surface area contributed by atoms with Crippen LogP contribution in [-0.4, -0.2) is 18.5 Å². The summed E-state index contributed by atoms with van der Waals surface area (Å²) >= 11 is 0. The molecule has 3 heteroatoms. The Morgan fingerprint density at radius 1 is 1.39 bits per heavy atom. The number of hydrogen-bond donors (Lipinski definition) is 2. The van der Waals surface area contributed by atoms with Crippen molar-refractivity contribution in [2.24, 2.45) is 0 Å². The van der Waals surface area contributed by atoms with E-state index in [9.17, 15) is 4.79 Å². The first-order valence-electron chi connectivity index (χ1n) is 6.70. The molecule has 1 atom stereocenters. The highest BCUT2D eigenvalue weighted by Gasteiger charge is 2.10. The van der Waals surface area contributed by atoms with E-state index in [-0.39, 0.29) is 11.9 Å². The molecule has 0 fully saturated rings. The van der Waals surface area contributed by atoms with Crippen LogP contribution in [0.2, 0.25) is 0 Å². The first kappa shape index (κ1) is 14.7. The van der Waals surface area contributed by atoms with Gasteiger partial charge in [0.15, 0.2) is 0 Å². The quantitative estimate of drug-likeness (QED) is 0.727. The summed E-state index contributed by atoms with van der Waals surface area (Å²) in [6.45, 7) is 7.59. The molecule has 0 heterocycles. The van der Waals surface area contributed by atoms with E-state index < -0.39 is 0 Å². The Hall–Kier alpha value is -1.35. The van der Waals surface area contributed by atoms with Crippen LogP contribution in [0.25, 0.3) is 0 Å². The van der Waals surface area contributed by atoms with Gasteiger partial charge in [-0.15, -0.1) is 0 Å². The van der Waals surface area contributed by atoms with Crippen LogP contribution in [0, 0.1) is 6.92 Å². The average molecular weight is 248 g/mol. The average Bonchev–Trinajstić information content (AvgIpc) is 2.36. The molecule has 0 aliphatic rings. The lowest BCUT2D eigenvalue weighted by Gasteiger charge is -2.14.